The average Bonchev–Trinajstić information content (AvgIpc) is 2.39. The molecule has 0 saturated heterocycles. The van der Waals surface area contributed by atoms with Crippen LogP contribution in [0.1, 0.15) is 18.9 Å². The van der Waals surface area contributed by atoms with Gasteiger partial charge in [-0.1, -0.05) is 11.6 Å². The largest absolute Gasteiger partial charge is 0.481 e. The van der Waals surface area contributed by atoms with Crippen molar-refractivity contribution in [1.29, 1.82) is 5.26 Å². The first-order chi connectivity index (χ1) is 8.95. The van der Waals surface area contributed by atoms with Crippen LogP contribution in [0.25, 0.3) is 0 Å². The Labute approximate surface area is 118 Å². The normalized spacial score (nSPS) is 11.5. The lowest BCUT2D eigenvalue weighted by atomic mass is 10.2. The maximum Gasteiger partial charge on any atom is 0.263 e. The summed E-state index contributed by atoms with van der Waals surface area (Å²) in [6.45, 7) is 3.97. The van der Waals surface area contributed by atoms with Crippen molar-refractivity contribution in [1.82, 2.24) is 4.90 Å². The molecule has 1 aromatic rings. The Bertz CT molecular complexity index is 497. The lowest BCUT2D eigenvalue weighted by molar-refractivity contribution is -0.136. The van der Waals surface area contributed by atoms with Crippen molar-refractivity contribution >= 4 is 17.5 Å². The summed E-state index contributed by atoms with van der Waals surface area (Å²) in [5.74, 6) is 0.458. The quantitative estimate of drug-likeness (QED) is 0.833. The predicted molar refractivity (Wildman–Crippen MR) is 74.1 cm³/mol. The summed E-state index contributed by atoms with van der Waals surface area (Å²) in [4.78, 5) is 13.5. The molecule has 0 aliphatic rings. The molecule has 5 heteroatoms. The zero-order chi connectivity index (χ0) is 14.4. The van der Waals surface area contributed by atoms with E-state index in [9.17, 15) is 4.79 Å². The zero-order valence-electron chi connectivity index (χ0n) is 11.3. The van der Waals surface area contributed by atoms with Crippen LogP contribution in [0.15, 0.2) is 18.2 Å². The van der Waals surface area contributed by atoms with Crippen LogP contribution in [0.2, 0.25) is 5.02 Å². The van der Waals surface area contributed by atoms with Gasteiger partial charge in [-0.05, 0) is 37.6 Å². The zero-order valence-corrected chi connectivity index (χ0v) is 12.1. The Hall–Kier alpha value is -1.73. The fraction of sp³-hybridized carbons (Fsp3) is 0.429. The second kappa shape index (κ2) is 7.01. The third-order valence-electron chi connectivity index (χ3n) is 2.73. The van der Waals surface area contributed by atoms with Gasteiger partial charge in [-0.2, -0.15) is 5.26 Å². The number of nitriles is 1. The Balaban J connectivity index is 2.63. The van der Waals surface area contributed by atoms with Crippen molar-refractivity contribution < 1.29 is 9.53 Å². The third kappa shape index (κ3) is 4.46. The van der Waals surface area contributed by atoms with Gasteiger partial charge >= 0.3 is 0 Å². The SMILES string of the molecule is Cc1cc(OC(C)C(=O)N(C)CCC#N)ccc1Cl. The summed E-state index contributed by atoms with van der Waals surface area (Å²) < 4.78 is 5.58. The monoisotopic (exact) mass is 280 g/mol. The van der Waals surface area contributed by atoms with Crippen LogP contribution in [0.5, 0.6) is 5.75 Å². The van der Waals surface area contributed by atoms with E-state index in [1.807, 2.05) is 13.0 Å². The molecule has 0 bridgehead atoms. The number of halogens is 1. The molecule has 19 heavy (non-hydrogen) atoms. The third-order valence-corrected chi connectivity index (χ3v) is 3.15. The van der Waals surface area contributed by atoms with E-state index in [0.717, 1.165) is 5.56 Å². The molecule has 0 saturated carbocycles. The van der Waals surface area contributed by atoms with E-state index in [4.69, 9.17) is 21.6 Å². The molecule has 1 amide bonds. The van der Waals surface area contributed by atoms with E-state index < -0.39 is 6.10 Å². The number of carbonyl (C=O) groups is 1. The minimum Gasteiger partial charge on any atom is -0.481 e. The van der Waals surface area contributed by atoms with Gasteiger partial charge in [0.1, 0.15) is 5.75 Å². The standard InChI is InChI=1S/C14H17ClN2O2/c1-10-9-12(5-6-13(10)15)19-11(2)14(18)17(3)8-4-7-16/h5-6,9,11H,4,8H2,1-3H3. The number of nitrogens with zero attached hydrogens (tertiary/aromatic N) is 2. The fourth-order valence-corrected chi connectivity index (χ4v) is 1.70. The first kappa shape index (κ1) is 15.3. The molecule has 4 nitrogen and oxygen atoms in total. The molecule has 102 valence electrons. The molecule has 1 unspecified atom stereocenters. The molecule has 1 rings (SSSR count). The maximum atomic E-state index is 12.0. The number of carbonyl (C=O) groups excluding carboxylic acids is 1. The van der Waals surface area contributed by atoms with Crippen molar-refractivity contribution in [3.8, 4) is 11.8 Å². The predicted octanol–water partition coefficient (Wildman–Crippen LogP) is 2.79. The average molecular weight is 281 g/mol. The summed E-state index contributed by atoms with van der Waals surface area (Å²) in [7, 11) is 1.66. The number of amides is 1. The smallest absolute Gasteiger partial charge is 0.263 e. The van der Waals surface area contributed by atoms with Crippen LogP contribution in [-0.2, 0) is 4.79 Å². The molecule has 1 aromatic carbocycles. The Morgan fingerprint density at radius 3 is 2.84 bits per heavy atom. The second-order valence-corrected chi connectivity index (χ2v) is 4.75. The van der Waals surface area contributed by atoms with Gasteiger partial charge in [0.2, 0.25) is 0 Å². The fourth-order valence-electron chi connectivity index (χ4n) is 1.58. The molecule has 0 aliphatic heterocycles. The van der Waals surface area contributed by atoms with Crippen LogP contribution in [0.3, 0.4) is 0 Å². The Morgan fingerprint density at radius 1 is 1.58 bits per heavy atom. The molecule has 0 N–H and O–H groups in total. The number of aryl methyl sites for hydroxylation is 1. The van der Waals surface area contributed by atoms with Crippen molar-refractivity contribution in [3.63, 3.8) is 0 Å². The molecule has 0 aromatic heterocycles. The minimum atomic E-state index is -0.593. The number of rotatable bonds is 5. The van der Waals surface area contributed by atoms with Gasteiger partial charge < -0.3 is 9.64 Å². The van der Waals surface area contributed by atoms with E-state index in [2.05, 4.69) is 0 Å². The second-order valence-electron chi connectivity index (χ2n) is 4.34. The van der Waals surface area contributed by atoms with Gasteiger partial charge in [-0.25, -0.2) is 0 Å². The number of hydrogen-bond acceptors (Lipinski definition) is 3. The number of ether oxygens (including phenoxy) is 1. The van der Waals surface area contributed by atoms with Crippen LogP contribution in [0, 0.1) is 18.3 Å². The first-order valence-electron chi connectivity index (χ1n) is 6.00. The summed E-state index contributed by atoms with van der Waals surface area (Å²) in [5, 5.41) is 9.16. The van der Waals surface area contributed by atoms with Crippen molar-refractivity contribution in [2.75, 3.05) is 13.6 Å². The van der Waals surface area contributed by atoms with E-state index >= 15 is 0 Å². The molecule has 0 aliphatic carbocycles. The van der Waals surface area contributed by atoms with Crippen molar-refractivity contribution in [3.05, 3.63) is 28.8 Å². The highest BCUT2D eigenvalue weighted by atomic mass is 35.5. The Morgan fingerprint density at radius 2 is 2.26 bits per heavy atom. The van der Waals surface area contributed by atoms with E-state index in [1.165, 1.54) is 4.90 Å². The molecule has 0 spiro atoms. The molecule has 0 radical (unpaired) electrons. The minimum absolute atomic E-state index is 0.150. The highest BCUT2D eigenvalue weighted by molar-refractivity contribution is 6.31. The summed E-state index contributed by atoms with van der Waals surface area (Å²) in [6, 6.07) is 7.27. The van der Waals surface area contributed by atoms with Gasteiger partial charge in [-0.3, -0.25) is 4.79 Å². The van der Waals surface area contributed by atoms with Crippen LogP contribution < -0.4 is 4.74 Å². The number of benzene rings is 1. The molecular weight excluding hydrogens is 264 g/mol. The molecular formula is C14H17ClN2O2. The molecule has 1 atom stereocenters. The number of hydrogen-bond donors (Lipinski definition) is 0. The van der Waals surface area contributed by atoms with Crippen LogP contribution in [0.4, 0.5) is 0 Å². The first-order valence-corrected chi connectivity index (χ1v) is 6.38. The molecule has 0 heterocycles. The van der Waals surface area contributed by atoms with Gasteiger partial charge in [0, 0.05) is 18.6 Å². The lowest BCUT2D eigenvalue weighted by Crippen LogP contribution is -2.38. The van der Waals surface area contributed by atoms with E-state index in [0.29, 0.717) is 23.7 Å². The van der Waals surface area contributed by atoms with Crippen LogP contribution in [-0.4, -0.2) is 30.5 Å². The summed E-state index contributed by atoms with van der Waals surface area (Å²) in [6.07, 6.45) is -0.279. The highest BCUT2D eigenvalue weighted by Gasteiger charge is 2.18. The summed E-state index contributed by atoms with van der Waals surface area (Å²) in [5.41, 5.74) is 0.900. The highest BCUT2D eigenvalue weighted by Crippen LogP contribution is 2.22. The van der Waals surface area contributed by atoms with Gasteiger partial charge in [-0.15, -0.1) is 0 Å². The van der Waals surface area contributed by atoms with E-state index in [1.54, 1.807) is 32.2 Å². The molecule has 0 fully saturated rings. The lowest BCUT2D eigenvalue weighted by Gasteiger charge is -2.21. The topological polar surface area (TPSA) is 53.3 Å². The maximum absolute atomic E-state index is 12.0. The van der Waals surface area contributed by atoms with Gasteiger partial charge in [0.05, 0.1) is 12.5 Å². The van der Waals surface area contributed by atoms with Crippen molar-refractivity contribution in [2.24, 2.45) is 0 Å². The van der Waals surface area contributed by atoms with Crippen molar-refractivity contribution in [2.45, 2.75) is 26.4 Å². The summed E-state index contributed by atoms with van der Waals surface area (Å²) >= 11 is 5.93. The van der Waals surface area contributed by atoms with Gasteiger partial charge in [0.25, 0.3) is 5.91 Å². The Kier molecular flexibility index (Phi) is 5.65. The number of likely N-dealkylation sites (N-methyl/N-ethyl adjacent to an activating group) is 1. The van der Waals surface area contributed by atoms with Gasteiger partial charge in [0.15, 0.2) is 6.10 Å². The van der Waals surface area contributed by atoms with E-state index in [-0.39, 0.29) is 5.91 Å². The van der Waals surface area contributed by atoms with Crippen LogP contribution >= 0.6 is 11.6 Å².